The zero-order valence-corrected chi connectivity index (χ0v) is 14.7. The Balaban J connectivity index is 2.52. The van der Waals surface area contributed by atoms with Crippen LogP contribution >= 0.6 is 0 Å². The Morgan fingerprint density at radius 2 is 2.04 bits per heavy atom. The van der Waals surface area contributed by atoms with Crippen molar-refractivity contribution in [3.8, 4) is 6.07 Å². The number of hydrogen-bond acceptors (Lipinski definition) is 4. The standard InChI is InChI=1S/C17H24N4O3/c1-12(11-19-16(23)24-17(2,3)4)21(5)15(22)20-14-8-6-7-13(9-14)10-18/h6-9,12H,11H2,1-5H3,(H,19,23)(H,20,22)/t12-/m0/s1. The van der Waals surface area contributed by atoms with Crippen molar-refractivity contribution >= 4 is 17.8 Å². The predicted molar refractivity (Wildman–Crippen MR) is 91.6 cm³/mol. The van der Waals surface area contributed by atoms with Gasteiger partial charge in [-0.15, -0.1) is 0 Å². The van der Waals surface area contributed by atoms with Gasteiger partial charge < -0.3 is 20.3 Å². The average molecular weight is 332 g/mol. The van der Waals surface area contributed by atoms with E-state index in [2.05, 4.69) is 10.6 Å². The molecule has 0 fully saturated rings. The van der Waals surface area contributed by atoms with Gasteiger partial charge in [0.2, 0.25) is 0 Å². The molecule has 130 valence electrons. The first-order valence-corrected chi connectivity index (χ1v) is 7.63. The van der Waals surface area contributed by atoms with Crippen molar-refractivity contribution in [2.45, 2.75) is 39.3 Å². The second-order valence-electron chi connectivity index (χ2n) is 6.47. The number of urea groups is 1. The molecular formula is C17H24N4O3. The number of amides is 3. The van der Waals surface area contributed by atoms with Crippen LogP contribution in [0.25, 0.3) is 0 Å². The lowest BCUT2D eigenvalue weighted by Gasteiger charge is -2.26. The van der Waals surface area contributed by atoms with Crippen LogP contribution in [0.2, 0.25) is 0 Å². The molecule has 7 nitrogen and oxygen atoms in total. The van der Waals surface area contributed by atoms with Gasteiger partial charge in [-0.05, 0) is 45.9 Å². The molecule has 0 bridgehead atoms. The Morgan fingerprint density at radius 3 is 2.62 bits per heavy atom. The van der Waals surface area contributed by atoms with Crippen molar-refractivity contribution in [1.82, 2.24) is 10.2 Å². The van der Waals surface area contributed by atoms with Crippen LogP contribution in [0.15, 0.2) is 24.3 Å². The third kappa shape index (κ3) is 6.57. The van der Waals surface area contributed by atoms with Crippen LogP contribution in [-0.4, -0.2) is 42.3 Å². The van der Waals surface area contributed by atoms with Crippen LogP contribution < -0.4 is 10.6 Å². The lowest BCUT2D eigenvalue weighted by Crippen LogP contribution is -2.45. The van der Waals surface area contributed by atoms with Crippen molar-refractivity contribution in [1.29, 1.82) is 5.26 Å². The molecule has 2 N–H and O–H groups in total. The third-order valence-corrected chi connectivity index (χ3v) is 3.17. The normalized spacial score (nSPS) is 11.8. The van der Waals surface area contributed by atoms with Gasteiger partial charge in [0.15, 0.2) is 0 Å². The summed E-state index contributed by atoms with van der Waals surface area (Å²) in [6.45, 7) is 7.42. The largest absolute Gasteiger partial charge is 0.444 e. The number of nitriles is 1. The number of benzene rings is 1. The van der Waals surface area contributed by atoms with Crippen molar-refractivity contribution in [3.05, 3.63) is 29.8 Å². The number of rotatable bonds is 4. The van der Waals surface area contributed by atoms with Crippen LogP contribution in [0.5, 0.6) is 0 Å². The summed E-state index contributed by atoms with van der Waals surface area (Å²) in [5, 5.41) is 14.2. The minimum absolute atomic E-state index is 0.239. The highest BCUT2D eigenvalue weighted by Crippen LogP contribution is 2.11. The van der Waals surface area contributed by atoms with Gasteiger partial charge >= 0.3 is 12.1 Å². The molecule has 1 atom stereocenters. The van der Waals surface area contributed by atoms with E-state index in [1.54, 1.807) is 52.1 Å². The summed E-state index contributed by atoms with van der Waals surface area (Å²) in [5.74, 6) is 0. The van der Waals surface area contributed by atoms with E-state index in [4.69, 9.17) is 10.00 Å². The molecule has 0 aromatic heterocycles. The lowest BCUT2D eigenvalue weighted by atomic mass is 10.2. The third-order valence-electron chi connectivity index (χ3n) is 3.17. The number of carbonyl (C=O) groups is 2. The van der Waals surface area contributed by atoms with Crippen molar-refractivity contribution < 1.29 is 14.3 Å². The monoisotopic (exact) mass is 332 g/mol. The highest BCUT2D eigenvalue weighted by molar-refractivity contribution is 5.89. The zero-order chi connectivity index (χ0) is 18.3. The van der Waals surface area contributed by atoms with Crippen LogP contribution in [0.3, 0.4) is 0 Å². The van der Waals surface area contributed by atoms with E-state index < -0.39 is 11.7 Å². The topological polar surface area (TPSA) is 94.5 Å². The second-order valence-corrected chi connectivity index (χ2v) is 6.47. The summed E-state index contributed by atoms with van der Waals surface area (Å²) in [6.07, 6.45) is -0.523. The highest BCUT2D eigenvalue weighted by atomic mass is 16.6. The van der Waals surface area contributed by atoms with Gasteiger partial charge in [-0.2, -0.15) is 5.26 Å². The minimum Gasteiger partial charge on any atom is -0.444 e. The molecule has 1 aromatic rings. The molecule has 0 spiro atoms. The molecule has 3 amide bonds. The number of hydrogen-bond donors (Lipinski definition) is 2. The molecule has 0 aliphatic heterocycles. The Bertz CT molecular complexity index is 631. The molecule has 0 unspecified atom stereocenters. The van der Waals surface area contributed by atoms with E-state index in [9.17, 15) is 9.59 Å². The number of alkyl carbamates (subject to hydrolysis) is 1. The maximum absolute atomic E-state index is 12.2. The number of anilines is 1. The molecule has 7 heteroatoms. The summed E-state index contributed by atoms with van der Waals surface area (Å²) < 4.78 is 5.15. The van der Waals surface area contributed by atoms with E-state index in [1.165, 1.54) is 4.90 Å². The number of carbonyl (C=O) groups excluding carboxylic acids is 2. The summed E-state index contributed by atoms with van der Waals surface area (Å²) >= 11 is 0. The van der Waals surface area contributed by atoms with Crippen LogP contribution in [-0.2, 0) is 4.74 Å². The molecule has 1 aromatic carbocycles. The fourth-order valence-corrected chi connectivity index (χ4v) is 1.76. The SMILES string of the molecule is C[C@@H](CNC(=O)OC(C)(C)C)N(C)C(=O)Nc1cccc(C#N)c1. The Kier molecular flexibility index (Phi) is 6.59. The molecular weight excluding hydrogens is 308 g/mol. The molecule has 1 rings (SSSR count). The molecule has 0 aliphatic rings. The van der Waals surface area contributed by atoms with Crippen molar-refractivity contribution in [2.75, 3.05) is 18.9 Å². The van der Waals surface area contributed by atoms with Gasteiger partial charge in [0.1, 0.15) is 5.60 Å². The summed E-state index contributed by atoms with van der Waals surface area (Å²) in [4.78, 5) is 25.3. The first-order chi connectivity index (χ1) is 11.1. The number of likely N-dealkylation sites (N-methyl/N-ethyl adjacent to an activating group) is 1. The number of ether oxygens (including phenoxy) is 1. The van der Waals surface area contributed by atoms with E-state index >= 15 is 0 Å². The lowest BCUT2D eigenvalue weighted by molar-refractivity contribution is 0.0516. The van der Waals surface area contributed by atoms with E-state index in [-0.39, 0.29) is 18.6 Å². The van der Waals surface area contributed by atoms with Gasteiger partial charge in [-0.3, -0.25) is 0 Å². The first-order valence-electron chi connectivity index (χ1n) is 7.63. The fraction of sp³-hybridized carbons (Fsp3) is 0.471. The van der Waals surface area contributed by atoms with Crippen LogP contribution in [0, 0.1) is 11.3 Å². The van der Waals surface area contributed by atoms with Gasteiger partial charge in [0.25, 0.3) is 0 Å². The Hall–Kier alpha value is -2.75. The van der Waals surface area contributed by atoms with Crippen LogP contribution in [0.4, 0.5) is 15.3 Å². The zero-order valence-electron chi connectivity index (χ0n) is 14.7. The van der Waals surface area contributed by atoms with Gasteiger partial charge in [-0.1, -0.05) is 6.07 Å². The van der Waals surface area contributed by atoms with Crippen LogP contribution in [0.1, 0.15) is 33.3 Å². The molecule has 0 saturated carbocycles. The molecule has 0 saturated heterocycles. The summed E-state index contributed by atoms with van der Waals surface area (Å²) in [5.41, 5.74) is 0.441. The minimum atomic E-state index is -0.567. The Labute approximate surface area is 142 Å². The maximum Gasteiger partial charge on any atom is 0.407 e. The van der Waals surface area contributed by atoms with Gasteiger partial charge in [0.05, 0.1) is 11.6 Å². The quantitative estimate of drug-likeness (QED) is 0.886. The van der Waals surface area contributed by atoms with Gasteiger partial charge in [-0.25, -0.2) is 9.59 Å². The van der Waals surface area contributed by atoms with E-state index in [1.807, 2.05) is 13.0 Å². The number of nitrogens with one attached hydrogen (secondary N) is 2. The second kappa shape index (κ2) is 8.20. The first kappa shape index (κ1) is 19.3. The number of nitrogens with zero attached hydrogens (tertiary/aromatic N) is 2. The fourth-order valence-electron chi connectivity index (χ4n) is 1.76. The van der Waals surface area contributed by atoms with E-state index in [0.29, 0.717) is 11.3 Å². The molecule has 0 heterocycles. The van der Waals surface area contributed by atoms with Crippen molar-refractivity contribution in [3.63, 3.8) is 0 Å². The smallest absolute Gasteiger partial charge is 0.407 e. The summed E-state index contributed by atoms with van der Waals surface area (Å²) in [6, 6.07) is 8.10. The predicted octanol–water partition coefficient (Wildman–Crippen LogP) is 2.94. The maximum atomic E-state index is 12.2. The van der Waals surface area contributed by atoms with Gasteiger partial charge in [0, 0.05) is 25.3 Å². The Morgan fingerprint density at radius 1 is 1.38 bits per heavy atom. The molecule has 24 heavy (non-hydrogen) atoms. The highest BCUT2D eigenvalue weighted by Gasteiger charge is 2.19. The van der Waals surface area contributed by atoms with E-state index in [0.717, 1.165) is 0 Å². The summed E-state index contributed by atoms with van der Waals surface area (Å²) in [7, 11) is 1.63. The average Bonchev–Trinajstić information content (AvgIpc) is 2.50. The molecule has 0 radical (unpaired) electrons. The van der Waals surface area contributed by atoms with Crippen molar-refractivity contribution in [2.24, 2.45) is 0 Å². The molecule has 0 aliphatic carbocycles.